The van der Waals surface area contributed by atoms with Crippen LogP contribution in [-0.4, -0.2) is 96.0 Å². The highest BCUT2D eigenvalue weighted by atomic mass is 32.2. The van der Waals surface area contributed by atoms with E-state index >= 15 is 0 Å². The first-order valence-corrected chi connectivity index (χ1v) is 26.7. The zero-order chi connectivity index (χ0) is 49.8. The zero-order valence-corrected chi connectivity index (χ0v) is 42.0. The minimum absolute atomic E-state index is 0.0196. The lowest BCUT2D eigenvalue weighted by Crippen LogP contribution is -2.60. The van der Waals surface area contributed by atoms with E-state index in [1.807, 2.05) is 30.4 Å². The summed E-state index contributed by atoms with van der Waals surface area (Å²) in [5, 5.41) is 30.9. The highest BCUT2D eigenvalue weighted by Crippen LogP contribution is 2.24. The molecule has 0 aliphatic carbocycles. The number of carbonyl (C=O) groups is 2. The number of hydrogen-bond donors (Lipinski definition) is 4. The van der Waals surface area contributed by atoms with Crippen LogP contribution in [0.25, 0.3) is 0 Å². The Hall–Kier alpha value is -3.95. The van der Waals surface area contributed by atoms with Crippen LogP contribution < -0.4 is 0 Å². The van der Waals surface area contributed by atoms with Crippen LogP contribution >= 0.6 is 0 Å². The van der Waals surface area contributed by atoms with Gasteiger partial charge in [0.25, 0.3) is 10.1 Å². The molecule has 6 atom stereocenters. The molecular weight excluding hydrogens is 885 g/mol. The van der Waals surface area contributed by atoms with E-state index in [0.29, 0.717) is 25.7 Å². The molecule has 0 spiro atoms. The first-order valence-electron chi connectivity index (χ1n) is 25.1. The van der Waals surface area contributed by atoms with Gasteiger partial charge in [-0.1, -0.05) is 174 Å². The number of allylic oxidation sites excluding steroid dienone is 20. The maximum Gasteiger partial charge on any atom is 0.306 e. The van der Waals surface area contributed by atoms with Gasteiger partial charge >= 0.3 is 11.9 Å². The summed E-state index contributed by atoms with van der Waals surface area (Å²) in [5.41, 5.74) is 0. The topological polar surface area (TPSA) is 186 Å². The molecule has 68 heavy (non-hydrogen) atoms. The lowest BCUT2D eigenvalue weighted by Gasteiger charge is -2.40. The summed E-state index contributed by atoms with van der Waals surface area (Å²) in [6, 6.07) is 0. The zero-order valence-electron chi connectivity index (χ0n) is 41.2. The minimum atomic E-state index is -4.63. The van der Waals surface area contributed by atoms with Crippen molar-refractivity contribution in [3.8, 4) is 0 Å². The van der Waals surface area contributed by atoms with Crippen LogP contribution in [-0.2, 0) is 38.7 Å². The van der Waals surface area contributed by atoms with E-state index in [1.165, 1.54) is 44.9 Å². The van der Waals surface area contributed by atoms with Crippen molar-refractivity contribution >= 4 is 22.1 Å². The van der Waals surface area contributed by atoms with E-state index in [4.69, 9.17) is 18.9 Å². The molecule has 1 rings (SSSR count). The predicted octanol–water partition coefficient (Wildman–Crippen LogP) is 11.3. The fourth-order valence-corrected chi connectivity index (χ4v) is 7.38. The molecule has 0 bridgehead atoms. The molecule has 0 aromatic carbocycles. The van der Waals surface area contributed by atoms with Crippen LogP contribution in [0.3, 0.4) is 0 Å². The van der Waals surface area contributed by atoms with E-state index in [0.717, 1.165) is 57.8 Å². The molecule has 1 fully saturated rings. The fraction of sp³-hybridized carbons (Fsp3) is 0.600. The molecule has 1 heterocycles. The largest absolute Gasteiger partial charge is 0.462 e. The van der Waals surface area contributed by atoms with E-state index in [-0.39, 0.29) is 19.4 Å². The van der Waals surface area contributed by atoms with Gasteiger partial charge in [0.2, 0.25) is 0 Å². The lowest BCUT2D eigenvalue weighted by molar-refractivity contribution is -0.297. The van der Waals surface area contributed by atoms with Gasteiger partial charge in [-0.25, -0.2) is 0 Å². The lowest BCUT2D eigenvalue weighted by atomic mass is 10.00. The van der Waals surface area contributed by atoms with Crippen molar-refractivity contribution in [2.24, 2.45) is 0 Å². The van der Waals surface area contributed by atoms with Gasteiger partial charge in [0, 0.05) is 12.8 Å². The van der Waals surface area contributed by atoms with Crippen molar-refractivity contribution in [2.45, 2.75) is 192 Å². The third-order valence-electron chi connectivity index (χ3n) is 10.5. The smallest absolute Gasteiger partial charge is 0.306 e. The average molecular weight is 971 g/mol. The van der Waals surface area contributed by atoms with Gasteiger partial charge in [-0.3, -0.25) is 14.1 Å². The highest BCUT2D eigenvalue weighted by Gasteiger charge is 2.46. The van der Waals surface area contributed by atoms with Crippen molar-refractivity contribution in [1.29, 1.82) is 0 Å². The molecule has 384 valence electrons. The van der Waals surface area contributed by atoms with Crippen molar-refractivity contribution in [2.75, 3.05) is 19.0 Å². The number of esters is 2. The Labute approximate surface area is 409 Å². The van der Waals surface area contributed by atoms with Crippen LogP contribution in [0.2, 0.25) is 0 Å². The summed E-state index contributed by atoms with van der Waals surface area (Å²) in [6.45, 7) is 3.53. The number of aliphatic hydroxyl groups excluding tert-OH is 3. The molecule has 1 saturated heterocycles. The SMILES string of the molecule is CC/C=C/C/C=C/C/C=C/C/C=C/C/C=C/C/C=C/CCC(=O)O[C@H](COC(=O)CCC/C=C/C/C=C/C/C=C/C/C=C/CCCCCCCCC)CO[C@H]1O[C@H](CS(=O)(=O)O)[C@@H](O)C(O)C1O. The standard InChI is InChI=1S/C55H86O12S/c1-3-5-7-9-11-13-15-17-19-21-23-24-26-27-29-31-33-35-37-39-41-43-50(56)64-45-48(46-65-55-54(60)53(59)52(58)49(67-55)47-68(61,62)63)66-51(57)44-42-40-38-36-34-32-30-28-25-22-20-18-16-14-12-10-8-6-4-2/h6,8,12,14,18-21,24-26,28-29,31-32,34-35,37-38,40,48-49,52-55,58-60H,3-5,7,9-11,13,15-17,22-23,27,30,33,36,39,41-47H2,1-2H3,(H,61,62,63)/b8-6+,14-12+,20-18+,21-19+,26-24+,28-25+,31-29+,34-32+,37-35+,40-38+/t48-,49-,52-,53?,54?,55+/m1/s1. The van der Waals surface area contributed by atoms with Crippen LogP contribution in [0, 0.1) is 0 Å². The second-order valence-electron chi connectivity index (χ2n) is 16.7. The number of aliphatic hydroxyl groups is 3. The van der Waals surface area contributed by atoms with Crippen molar-refractivity contribution in [1.82, 2.24) is 0 Å². The molecule has 1 aliphatic rings. The van der Waals surface area contributed by atoms with E-state index in [1.54, 1.807) is 0 Å². The number of ether oxygens (including phenoxy) is 4. The number of unbranched alkanes of at least 4 members (excludes halogenated alkanes) is 8. The van der Waals surface area contributed by atoms with Gasteiger partial charge in [-0.2, -0.15) is 8.42 Å². The molecule has 0 radical (unpaired) electrons. The molecule has 0 amide bonds. The minimum Gasteiger partial charge on any atom is -0.462 e. The first-order chi connectivity index (χ1) is 33.0. The van der Waals surface area contributed by atoms with Gasteiger partial charge in [0.15, 0.2) is 12.4 Å². The first kappa shape index (κ1) is 62.1. The number of carbonyl (C=O) groups excluding carboxylic acids is 2. The monoisotopic (exact) mass is 971 g/mol. The van der Waals surface area contributed by atoms with Gasteiger partial charge in [0.1, 0.15) is 36.8 Å². The molecule has 13 heteroatoms. The highest BCUT2D eigenvalue weighted by molar-refractivity contribution is 7.85. The summed E-state index contributed by atoms with van der Waals surface area (Å²) >= 11 is 0. The van der Waals surface area contributed by atoms with Crippen molar-refractivity contribution in [3.05, 3.63) is 122 Å². The molecular formula is C55H86O12S. The molecule has 0 saturated carbocycles. The number of rotatable bonds is 40. The summed E-state index contributed by atoms with van der Waals surface area (Å²) in [6.07, 6.45) is 52.6. The molecule has 12 nitrogen and oxygen atoms in total. The van der Waals surface area contributed by atoms with E-state index < -0.39 is 71.2 Å². The van der Waals surface area contributed by atoms with Crippen molar-refractivity contribution in [3.63, 3.8) is 0 Å². The Kier molecular flexibility index (Phi) is 39.3. The number of hydrogen-bond acceptors (Lipinski definition) is 11. The molecule has 4 N–H and O–H groups in total. The van der Waals surface area contributed by atoms with Crippen molar-refractivity contribution < 1.29 is 56.8 Å². The maximum absolute atomic E-state index is 12.8. The van der Waals surface area contributed by atoms with Crippen LogP contribution in [0.4, 0.5) is 0 Å². The van der Waals surface area contributed by atoms with Crippen LogP contribution in [0.1, 0.15) is 155 Å². The summed E-state index contributed by atoms with van der Waals surface area (Å²) < 4.78 is 54.0. The Morgan fingerprint density at radius 2 is 0.956 bits per heavy atom. The van der Waals surface area contributed by atoms with E-state index in [2.05, 4.69) is 105 Å². The Morgan fingerprint density at radius 1 is 0.515 bits per heavy atom. The van der Waals surface area contributed by atoms with Crippen LogP contribution in [0.5, 0.6) is 0 Å². The van der Waals surface area contributed by atoms with Gasteiger partial charge in [0.05, 0.1) is 6.61 Å². The van der Waals surface area contributed by atoms with Gasteiger partial charge < -0.3 is 34.3 Å². The average Bonchev–Trinajstić information content (AvgIpc) is 3.31. The third kappa shape index (κ3) is 37.0. The molecule has 0 aromatic heterocycles. The second kappa shape index (κ2) is 43.1. The predicted molar refractivity (Wildman–Crippen MR) is 274 cm³/mol. The van der Waals surface area contributed by atoms with Crippen LogP contribution in [0.15, 0.2) is 122 Å². The summed E-state index contributed by atoms with van der Waals surface area (Å²) in [4.78, 5) is 25.5. The summed E-state index contributed by atoms with van der Waals surface area (Å²) in [5.74, 6) is -2.18. The maximum atomic E-state index is 12.8. The van der Waals surface area contributed by atoms with E-state index in [9.17, 15) is 37.9 Å². The van der Waals surface area contributed by atoms with Gasteiger partial charge in [-0.15, -0.1) is 0 Å². The fourth-order valence-electron chi connectivity index (χ4n) is 6.69. The quantitative estimate of drug-likeness (QED) is 0.0197. The normalized spacial score (nSPS) is 20.2. The second-order valence-corrected chi connectivity index (χ2v) is 18.2. The summed E-state index contributed by atoms with van der Waals surface area (Å²) in [7, 11) is -4.63. The molecule has 1 aliphatic heterocycles. The Bertz CT molecular complexity index is 1700. The Balaban J connectivity index is 2.50. The molecule has 2 unspecified atom stereocenters. The molecule has 0 aromatic rings. The Morgan fingerprint density at radius 3 is 1.44 bits per heavy atom. The third-order valence-corrected chi connectivity index (χ3v) is 11.3. The van der Waals surface area contributed by atoms with Gasteiger partial charge in [-0.05, 0) is 89.9 Å².